The largest absolute Gasteiger partial charge is 0.347 e. The van der Waals surface area contributed by atoms with Gasteiger partial charge in [-0.3, -0.25) is 9.59 Å². The molecule has 0 aliphatic carbocycles. The number of rotatable bonds is 5. The first-order valence-corrected chi connectivity index (χ1v) is 9.03. The first-order chi connectivity index (χ1) is 12.0. The van der Waals surface area contributed by atoms with Gasteiger partial charge in [0.25, 0.3) is 5.91 Å². The second-order valence-corrected chi connectivity index (χ2v) is 7.28. The van der Waals surface area contributed by atoms with Crippen LogP contribution in [0.4, 0.5) is 0 Å². The van der Waals surface area contributed by atoms with Crippen molar-refractivity contribution in [2.75, 3.05) is 0 Å². The summed E-state index contributed by atoms with van der Waals surface area (Å²) in [6.07, 6.45) is 0. The van der Waals surface area contributed by atoms with Gasteiger partial charge in [0.05, 0.1) is 22.0 Å². The number of hydrogen-bond acceptors (Lipinski definition) is 3. The van der Waals surface area contributed by atoms with Gasteiger partial charge >= 0.3 is 0 Å². The molecule has 1 N–H and O–H groups in total. The van der Waals surface area contributed by atoms with E-state index in [1.54, 1.807) is 30.3 Å². The smallest absolute Gasteiger partial charge is 0.253 e. The third kappa shape index (κ3) is 4.28. The number of ketones is 1. The van der Waals surface area contributed by atoms with Crippen LogP contribution in [0, 0.1) is 0 Å². The molecule has 126 valence electrons. The Labute approximate surface area is 159 Å². The van der Waals surface area contributed by atoms with Crippen LogP contribution in [0.25, 0.3) is 0 Å². The topological polar surface area (TPSA) is 46.2 Å². The number of benzene rings is 2. The SMILES string of the molecule is O=C(c1ccccc1)c1ccc(CNC(=O)c2ccc(Cl)cc2Cl)s1. The Morgan fingerprint density at radius 1 is 0.960 bits per heavy atom. The summed E-state index contributed by atoms with van der Waals surface area (Å²) in [5, 5.41) is 3.58. The van der Waals surface area contributed by atoms with Crippen molar-refractivity contribution >= 4 is 46.2 Å². The van der Waals surface area contributed by atoms with Gasteiger partial charge < -0.3 is 5.32 Å². The minimum atomic E-state index is -0.286. The standard InChI is InChI=1S/C19H13Cl2NO2S/c20-13-6-8-15(16(21)10-13)19(24)22-11-14-7-9-17(25-14)18(23)12-4-2-1-3-5-12/h1-10H,11H2,(H,22,24). The van der Waals surface area contributed by atoms with E-state index in [9.17, 15) is 9.59 Å². The Morgan fingerprint density at radius 3 is 2.44 bits per heavy atom. The van der Waals surface area contributed by atoms with E-state index in [4.69, 9.17) is 23.2 Å². The molecule has 0 fully saturated rings. The highest BCUT2D eigenvalue weighted by Gasteiger charge is 2.13. The van der Waals surface area contributed by atoms with Gasteiger partial charge in [-0.1, -0.05) is 53.5 Å². The van der Waals surface area contributed by atoms with Crippen LogP contribution in [-0.4, -0.2) is 11.7 Å². The number of amides is 1. The summed E-state index contributed by atoms with van der Waals surface area (Å²) < 4.78 is 0. The number of hydrogen-bond donors (Lipinski definition) is 1. The van der Waals surface area contributed by atoms with Crippen molar-refractivity contribution in [2.45, 2.75) is 6.54 Å². The molecule has 1 amide bonds. The minimum Gasteiger partial charge on any atom is -0.347 e. The molecule has 25 heavy (non-hydrogen) atoms. The van der Waals surface area contributed by atoms with E-state index < -0.39 is 0 Å². The first-order valence-electron chi connectivity index (χ1n) is 7.46. The Balaban J connectivity index is 1.66. The van der Waals surface area contributed by atoms with Crippen molar-refractivity contribution < 1.29 is 9.59 Å². The zero-order valence-corrected chi connectivity index (χ0v) is 15.3. The third-order valence-electron chi connectivity index (χ3n) is 3.52. The Morgan fingerprint density at radius 2 is 1.72 bits per heavy atom. The van der Waals surface area contributed by atoms with Crippen LogP contribution < -0.4 is 5.32 Å². The summed E-state index contributed by atoms with van der Waals surface area (Å²) >= 11 is 13.2. The molecule has 0 radical (unpaired) electrons. The Hall–Kier alpha value is -2.14. The summed E-state index contributed by atoms with van der Waals surface area (Å²) in [5.74, 6) is -0.310. The predicted octanol–water partition coefficient (Wildman–Crippen LogP) is 5.22. The predicted molar refractivity (Wildman–Crippen MR) is 102 cm³/mol. The molecule has 0 spiro atoms. The lowest BCUT2D eigenvalue weighted by molar-refractivity contribution is 0.0951. The van der Waals surface area contributed by atoms with Gasteiger partial charge in [0.15, 0.2) is 0 Å². The van der Waals surface area contributed by atoms with Crippen LogP contribution in [0.15, 0.2) is 60.7 Å². The van der Waals surface area contributed by atoms with Gasteiger partial charge in [-0.05, 0) is 30.3 Å². The average molecular weight is 390 g/mol. The summed E-state index contributed by atoms with van der Waals surface area (Å²) in [5.41, 5.74) is 1.01. The van der Waals surface area contributed by atoms with Crippen LogP contribution in [-0.2, 0) is 6.54 Å². The molecule has 3 nitrogen and oxygen atoms in total. The number of halogens is 2. The minimum absolute atomic E-state index is 0.0241. The molecule has 6 heteroatoms. The van der Waals surface area contributed by atoms with E-state index in [0.717, 1.165) is 4.88 Å². The van der Waals surface area contributed by atoms with Crippen LogP contribution in [0.1, 0.15) is 30.5 Å². The Bertz CT molecular complexity index is 922. The molecule has 3 aromatic rings. The lowest BCUT2D eigenvalue weighted by Gasteiger charge is -2.06. The summed E-state index contributed by atoms with van der Waals surface area (Å²) in [7, 11) is 0. The maximum absolute atomic E-state index is 12.4. The lowest BCUT2D eigenvalue weighted by Crippen LogP contribution is -2.22. The lowest BCUT2D eigenvalue weighted by atomic mass is 10.1. The number of carbonyl (C=O) groups is 2. The Kier molecular flexibility index (Phi) is 5.53. The fraction of sp³-hybridized carbons (Fsp3) is 0.0526. The quantitative estimate of drug-likeness (QED) is 0.608. The van der Waals surface area contributed by atoms with Crippen molar-refractivity contribution in [3.63, 3.8) is 0 Å². The van der Waals surface area contributed by atoms with Gasteiger partial charge in [-0.25, -0.2) is 0 Å². The molecule has 0 aliphatic heterocycles. The second-order valence-electron chi connectivity index (χ2n) is 5.27. The molecular weight excluding hydrogens is 377 g/mol. The fourth-order valence-corrected chi connectivity index (χ4v) is 3.67. The average Bonchev–Trinajstić information content (AvgIpc) is 3.09. The highest BCUT2D eigenvalue weighted by atomic mass is 35.5. The van der Waals surface area contributed by atoms with Crippen LogP contribution >= 0.6 is 34.5 Å². The van der Waals surface area contributed by atoms with E-state index in [2.05, 4.69) is 5.32 Å². The second kappa shape index (κ2) is 7.83. The maximum Gasteiger partial charge on any atom is 0.253 e. The van der Waals surface area contributed by atoms with Crippen LogP contribution in [0.5, 0.6) is 0 Å². The van der Waals surface area contributed by atoms with E-state index in [-0.39, 0.29) is 11.7 Å². The molecule has 1 aromatic heterocycles. The molecule has 0 saturated carbocycles. The van der Waals surface area contributed by atoms with Crippen LogP contribution in [0.2, 0.25) is 10.0 Å². The highest BCUT2D eigenvalue weighted by Crippen LogP contribution is 2.22. The van der Waals surface area contributed by atoms with Crippen molar-refractivity contribution in [1.29, 1.82) is 0 Å². The maximum atomic E-state index is 12.4. The molecular formula is C19H13Cl2NO2S. The van der Waals surface area contributed by atoms with Gasteiger partial charge in [-0.2, -0.15) is 0 Å². The molecule has 1 heterocycles. The van der Waals surface area contributed by atoms with Gasteiger partial charge in [0.1, 0.15) is 0 Å². The summed E-state index contributed by atoms with van der Waals surface area (Å²) in [6.45, 7) is 0.324. The van der Waals surface area contributed by atoms with Crippen LogP contribution in [0.3, 0.4) is 0 Å². The van der Waals surface area contributed by atoms with E-state index in [0.29, 0.717) is 32.6 Å². The van der Waals surface area contributed by atoms with Crippen molar-refractivity contribution in [1.82, 2.24) is 5.32 Å². The molecule has 0 bridgehead atoms. The van der Waals surface area contributed by atoms with Crippen molar-refractivity contribution in [2.24, 2.45) is 0 Å². The third-order valence-corrected chi connectivity index (χ3v) is 5.15. The number of nitrogens with one attached hydrogen (secondary N) is 1. The molecule has 0 atom stereocenters. The van der Waals surface area contributed by atoms with E-state index >= 15 is 0 Å². The molecule has 0 saturated heterocycles. The van der Waals surface area contributed by atoms with Gasteiger partial charge in [-0.15, -0.1) is 11.3 Å². The van der Waals surface area contributed by atoms with E-state index in [1.807, 2.05) is 24.3 Å². The molecule has 3 rings (SSSR count). The molecule has 2 aromatic carbocycles. The van der Waals surface area contributed by atoms with Gasteiger partial charge in [0, 0.05) is 15.5 Å². The summed E-state index contributed by atoms with van der Waals surface area (Å²) in [6, 6.07) is 17.4. The number of carbonyl (C=O) groups excluding carboxylic acids is 2. The van der Waals surface area contributed by atoms with Gasteiger partial charge in [0.2, 0.25) is 5.78 Å². The zero-order valence-electron chi connectivity index (χ0n) is 13.0. The zero-order chi connectivity index (χ0) is 17.8. The first kappa shape index (κ1) is 17.7. The summed E-state index contributed by atoms with van der Waals surface area (Å²) in [4.78, 5) is 26.1. The monoisotopic (exact) mass is 389 g/mol. The fourth-order valence-electron chi connectivity index (χ4n) is 2.26. The van der Waals surface area contributed by atoms with Crippen molar-refractivity contribution in [3.05, 3.63) is 91.6 Å². The van der Waals surface area contributed by atoms with Crippen molar-refractivity contribution in [3.8, 4) is 0 Å². The molecule has 0 aliphatic rings. The van der Waals surface area contributed by atoms with E-state index in [1.165, 1.54) is 17.4 Å². The molecule has 0 unspecified atom stereocenters. The normalized spacial score (nSPS) is 10.5. The number of thiophene rings is 1. The highest BCUT2D eigenvalue weighted by molar-refractivity contribution is 7.14.